The van der Waals surface area contributed by atoms with Crippen LogP contribution in [-0.2, 0) is 0 Å². The van der Waals surface area contributed by atoms with E-state index in [9.17, 15) is 10.1 Å². The zero-order valence-electron chi connectivity index (χ0n) is 11.4. The van der Waals surface area contributed by atoms with E-state index in [1.54, 1.807) is 48.6 Å². The maximum Gasteiger partial charge on any atom is 0.269 e. The van der Waals surface area contributed by atoms with Gasteiger partial charge in [0, 0.05) is 17.7 Å². The summed E-state index contributed by atoms with van der Waals surface area (Å²) >= 11 is 3.20. The van der Waals surface area contributed by atoms with Crippen molar-refractivity contribution in [1.29, 1.82) is 0 Å². The van der Waals surface area contributed by atoms with E-state index in [1.165, 1.54) is 12.1 Å². The van der Waals surface area contributed by atoms with E-state index in [1.807, 2.05) is 12.3 Å². The van der Waals surface area contributed by atoms with E-state index in [4.69, 9.17) is 4.74 Å². The number of hydrogen-bond acceptors (Lipinski definition) is 7. The van der Waals surface area contributed by atoms with Crippen LogP contribution in [0.4, 0.5) is 11.4 Å². The first-order valence-corrected chi connectivity index (χ1v) is 7.93. The lowest BCUT2D eigenvalue weighted by Gasteiger charge is -1.99. The van der Waals surface area contributed by atoms with Gasteiger partial charge in [-0.05, 0) is 24.5 Å². The summed E-state index contributed by atoms with van der Waals surface area (Å²) in [7, 11) is 1.62. The number of nitrogens with zero attached hydrogens (tertiary/aromatic N) is 2. The minimum atomic E-state index is -0.437. The Morgan fingerprint density at radius 1 is 1.43 bits per heavy atom. The normalized spacial score (nSPS) is 10.8. The van der Waals surface area contributed by atoms with E-state index < -0.39 is 4.92 Å². The molecule has 8 heteroatoms. The molecule has 21 heavy (non-hydrogen) atoms. The minimum Gasteiger partial charge on any atom is -0.487 e. The zero-order valence-corrected chi connectivity index (χ0v) is 13.0. The van der Waals surface area contributed by atoms with Gasteiger partial charge in [0.1, 0.15) is 0 Å². The summed E-state index contributed by atoms with van der Waals surface area (Å²) in [6.45, 7) is 0. The van der Waals surface area contributed by atoms with Gasteiger partial charge in [0.15, 0.2) is 5.06 Å². The quantitative estimate of drug-likeness (QED) is 0.378. The van der Waals surface area contributed by atoms with E-state index in [2.05, 4.69) is 10.5 Å². The fourth-order valence-electron chi connectivity index (χ4n) is 1.55. The lowest BCUT2D eigenvalue weighted by molar-refractivity contribution is -0.384. The van der Waals surface area contributed by atoms with Crippen molar-refractivity contribution >= 4 is 40.7 Å². The molecule has 2 rings (SSSR count). The van der Waals surface area contributed by atoms with Crippen LogP contribution in [0, 0.1) is 10.1 Å². The molecule has 2 aromatic rings. The molecule has 0 bridgehead atoms. The number of thiophene rings is 1. The van der Waals surface area contributed by atoms with Crippen LogP contribution in [0.15, 0.2) is 39.6 Å². The number of ether oxygens (including phenoxy) is 1. The Balaban J connectivity index is 2.05. The highest BCUT2D eigenvalue weighted by Gasteiger charge is 2.07. The Bertz CT molecular complexity index is 653. The third-order valence-corrected chi connectivity index (χ3v) is 4.74. The number of hydrazone groups is 1. The topological polar surface area (TPSA) is 76.8 Å². The predicted molar refractivity (Wildman–Crippen MR) is 87.0 cm³/mol. The highest BCUT2D eigenvalue weighted by Crippen LogP contribution is 2.34. The van der Waals surface area contributed by atoms with Crippen molar-refractivity contribution in [1.82, 2.24) is 0 Å². The number of thioether (sulfide) groups is 1. The molecule has 0 atom stereocenters. The molecule has 6 nitrogen and oxygen atoms in total. The molecule has 110 valence electrons. The number of benzene rings is 1. The zero-order chi connectivity index (χ0) is 15.2. The number of nitrogens with one attached hydrogen (secondary N) is 1. The Labute approximate surface area is 130 Å². The molecule has 0 fully saturated rings. The van der Waals surface area contributed by atoms with Gasteiger partial charge in [-0.1, -0.05) is 11.3 Å². The fraction of sp³-hybridized carbons (Fsp3) is 0.154. The van der Waals surface area contributed by atoms with Gasteiger partial charge < -0.3 is 4.74 Å². The number of methoxy groups -OCH3 is 1. The highest BCUT2D eigenvalue weighted by atomic mass is 32.2. The van der Waals surface area contributed by atoms with Crippen LogP contribution in [0.3, 0.4) is 0 Å². The van der Waals surface area contributed by atoms with Gasteiger partial charge >= 0.3 is 0 Å². The molecular weight excluding hydrogens is 310 g/mol. The van der Waals surface area contributed by atoms with Crippen LogP contribution in [-0.4, -0.2) is 24.5 Å². The van der Waals surface area contributed by atoms with Gasteiger partial charge in [-0.3, -0.25) is 15.5 Å². The largest absolute Gasteiger partial charge is 0.487 e. The first-order valence-electron chi connectivity index (χ1n) is 5.89. The third-order valence-electron chi connectivity index (χ3n) is 2.56. The van der Waals surface area contributed by atoms with Gasteiger partial charge in [-0.15, -0.1) is 11.8 Å². The van der Waals surface area contributed by atoms with Gasteiger partial charge in [-0.25, -0.2) is 0 Å². The molecule has 0 unspecified atom stereocenters. The average molecular weight is 323 g/mol. The number of rotatable bonds is 6. The number of anilines is 1. The summed E-state index contributed by atoms with van der Waals surface area (Å²) in [5.41, 5.74) is 4.44. The molecule has 0 saturated heterocycles. The molecule has 1 aromatic heterocycles. The SMILES string of the molecule is COc1sc(SC)cc1/C=N\Nc1ccc([N+](=O)[O-])cc1. The second kappa shape index (κ2) is 7.09. The lowest BCUT2D eigenvalue weighted by Crippen LogP contribution is -1.92. The van der Waals surface area contributed by atoms with E-state index in [0.717, 1.165) is 14.8 Å². The molecule has 1 aromatic carbocycles. The van der Waals surface area contributed by atoms with Crippen molar-refractivity contribution in [2.45, 2.75) is 4.21 Å². The molecule has 1 N–H and O–H groups in total. The third kappa shape index (κ3) is 3.96. The van der Waals surface area contributed by atoms with Crippen LogP contribution < -0.4 is 10.2 Å². The van der Waals surface area contributed by atoms with Crippen molar-refractivity contribution < 1.29 is 9.66 Å². The Morgan fingerprint density at radius 3 is 2.71 bits per heavy atom. The molecule has 0 spiro atoms. The maximum atomic E-state index is 10.6. The average Bonchev–Trinajstić information content (AvgIpc) is 2.90. The van der Waals surface area contributed by atoms with Gasteiger partial charge in [0.2, 0.25) is 0 Å². The molecule has 0 aliphatic heterocycles. The maximum absolute atomic E-state index is 10.6. The second-order valence-corrected chi connectivity index (χ2v) is 6.01. The van der Waals surface area contributed by atoms with Crippen molar-refractivity contribution in [3.8, 4) is 5.06 Å². The van der Waals surface area contributed by atoms with Gasteiger partial charge in [0.25, 0.3) is 5.69 Å². The summed E-state index contributed by atoms with van der Waals surface area (Å²) in [6, 6.07) is 8.06. The fourth-order valence-corrected chi connectivity index (χ4v) is 3.04. The summed E-state index contributed by atoms with van der Waals surface area (Å²) in [4.78, 5) is 10.1. The minimum absolute atomic E-state index is 0.0497. The molecule has 0 aliphatic rings. The summed E-state index contributed by atoms with van der Waals surface area (Å²) in [5, 5.41) is 15.5. The van der Waals surface area contributed by atoms with E-state index in [0.29, 0.717) is 5.69 Å². The van der Waals surface area contributed by atoms with E-state index in [-0.39, 0.29) is 5.69 Å². The highest BCUT2D eigenvalue weighted by molar-refractivity contribution is 8.00. The van der Waals surface area contributed by atoms with Crippen LogP contribution >= 0.6 is 23.1 Å². The molecule has 0 radical (unpaired) electrons. The standard InChI is InChI=1S/C13H13N3O3S2/c1-19-13-9(7-12(20-2)21-13)8-14-15-10-3-5-11(6-4-10)16(17)18/h3-8,15H,1-2H3/b14-8-. The molecule has 0 amide bonds. The Morgan fingerprint density at radius 2 is 2.14 bits per heavy atom. The molecule has 0 aliphatic carbocycles. The number of non-ortho nitro benzene ring substituents is 1. The predicted octanol–water partition coefficient (Wildman–Crippen LogP) is 3.83. The van der Waals surface area contributed by atoms with Crippen LogP contribution in [0.2, 0.25) is 0 Å². The Kier molecular flexibility index (Phi) is 5.18. The first-order chi connectivity index (χ1) is 10.1. The van der Waals surface area contributed by atoms with Gasteiger partial charge in [0.05, 0.1) is 28.1 Å². The van der Waals surface area contributed by atoms with Crippen molar-refractivity contribution in [3.05, 3.63) is 46.0 Å². The van der Waals surface area contributed by atoms with Crippen LogP contribution in [0.25, 0.3) is 0 Å². The monoisotopic (exact) mass is 323 g/mol. The summed E-state index contributed by atoms with van der Waals surface area (Å²) in [5.74, 6) is 0. The summed E-state index contributed by atoms with van der Waals surface area (Å²) in [6.07, 6.45) is 3.66. The molecule has 1 heterocycles. The number of nitro benzene ring substituents is 1. The number of hydrogen-bond donors (Lipinski definition) is 1. The molecule has 0 saturated carbocycles. The van der Waals surface area contributed by atoms with Crippen LogP contribution in [0.5, 0.6) is 5.06 Å². The summed E-state index contributed by atoms with van der Waals surface area (Å²) < 4.78 is 6.43. The Hall–Kier alpha value is -2.06. The molecular formula is C13H13N3O3S2. The van der Waals surface area contributed by atoms with Crippen molar-refractivity contribution in [2.24, 2.45) is 5.10 Å². The smallest absolute Gasteiger partial charge is 0.269 e. The first kappa shape index (κ1) is 15.3. The second-order valence-electron chi connectivity index (χ2n) is 3.89. The van der Waals surface area contributed by atoms with Gasteiger partial charge in [-0.2, -0.15) is 5.10 Å². The lowest BCUT2D eigenvalue weighted by atomic mass is 10.3. The number of nitro groups is 1. The van der Waals surface area contributed by atoms with Crippen molar-refractivity contribution in [3.63, 3.8) is 0 Å². The van der Waals surface area contributed by atoms with E-state index >= 15 is 0 Å². The van der Waals surface area contributed by atoms with Crippen molar-refractivity contribution in [2.75, 3.05) is 18.8 Å². The van der Waals surface area contributed by atoms with Crippen LogP contribution in [0.1, 0.15) is 5.56 Å².